The third-order valence-electron chi connectivity index (χ3n) is 6.82. The first-order valence-electron chi connectivity index (χ1n) is 10.7. The van der Waals surface area contributed by atoms with Crippen molar-refractivity contribution in [2.24, 2.45) is 5.92 Å². The number of carbonyl (C=O) groups is 1. The van der Waals surface area contributed by atoms with E-state index in [4.69, 9.17) is 0 Å². The largest absolute Gasteiger partial charge is 0.377 e. The number of hydrogen-bond acceptors (Lipinski definition) is 3. The minimum Gasteiger partial charge on any atom is -0.377 e. The second-order valence-corrected chi connectivity index (χ2v) is 8.75. The normalized spacial score (nSPS) is 26.0. The third kappa shape index (κ3) is 3.25. The summed E-state index contributed by atoms with van der Waals surface area (Å²) in [5, 5.41) is 3.81. The van der Waals surface area contributed by atoms with Crippen molar-refractivity contribution in [2.45, 2.75) is 25.3 Å². The molecule has 0 radical (unpaired) electrons. The molecule has 4 nitrogen and oxygen atoms in total. The summed E-state index contributed by atoms with van der Waals surface area (Å²) in [5.74, 6) is 1.03. The molecule has 2 aromatic rings. The van der Waals surface area contributed by atoms with E-state index < -0.39 is 0 Å². The van der Waals surface area contributed by atoms with E-state index in [9.17, 15) is 4.79 Å². The van der Waals surface area contributed by atoms with Crippen LogP contribution in [0.3, 0.4) is 0 Å². The summed E-state index contributed by atoms with van der Waals surface area (Å²) in [7, 11) is 2.12. The first kappa shape index (κ1) is 18.4. The number of nitrogens with one attached hydrogen (secondary N) is 1. The highest BCUT2D eigenvalue weighted by Crippen LogP contribution is 2.50. The summed E-state index contributed by atoms with van der Waals surface area (Å²) in [6.07, 6.45) is 5.73. The molecule has 0 saturated carbocycles. The SMILES string of the molecule is Cc1cccc(C2Nc3c(C(=O)N4CCN(C)CC4)cccc3C3C=CCC32)c1. The van der Waals surface area contributed by atoms with Crippen molar-refractivity contribution in [1.29, 1.82) is 0 Å². The molecule has 2 heterocycles. The van der Waals surface area contributed by atoms with E-state index in [1.807, 2.05) is 11.0 Å². The Hall–Kier alpha value is -2.59. The molecule has 2 aromatic carbocycles. The lowest BCUT2D eigenvalue weighted by Gasteiger charge is -2.39. The molecule has 1 aliphatic carbocycles. The number of allylic oxidation sites excluding steroid dienone is 2. The predicted molar refractivity (Wildman–Crippen MR) is 117 cm³/mol. The summed E-state index contributed by atoms with van der Waals surface area (Å²) in [5.41, 5.74) is 5.72. The number of carbonyl (C=O) groups excluding carboxylic acids is 1. The molecule has 5 rings (SSSR count). The average molecular weight is 388 g/mol. The number of amides is 1. The molecule has 3 unspecified atom stereocenters. The van der Waals surface area contributed by atoms with Crippen LogP contribution in [0, 0.1) is 12.8 Å². The maximum atomic E-state index is 13.4. The molecule has 0 bridgehead atoms. The van der Waals surface area contributed by atoms with E-state index in [2.05, 4.69) is 72.7 Å². The van der Waals surface area contributed by atoms with Crippen LogP contribution in [0.4, 0.5) is 5.69 Å². The van der Waals surface area contributed by atoms with Crippen LogP contribution < -0.4 is 5.32 Å². The van der Waals surface area contributed by atoms with Crippen LogP contribution in [0.25, 0.3) is 0 Å². The van der Waals surface area contributed by atoms with Gasteiger partial charge in [-0.3, -0.25) is 4.79 Å². The second kappa shape index (κ2) is 7.34. The highest BCUT2D eigenvalue weighted by Gasteiger charge is 2.39. The van der Waals surface area contributed by atoms with Gasteiger partial charge in [-0.15, -0.1) is 0 Å². The van der Waals surface area contributed by atoms with Crippen LogP contribution in [-0.2, 0) is 0 Å². The van der Waals surface area contributed by atoms with Crippen LogP contribution in [0.2, 0.25) is 0 Å². The van der Waals surface area contributed by atoms with Gasteiger partial charge in [-0.25, -0.2) is 0 Å². The molecule has 1 amide bonds. The minimum absolute atomic E-state index is 0.158. The minimum atomic E-state index is 0.158. The molecule has 150 valence electrons. The molecule has 3 aliphatic rings. The number of benzene rings is 2. The lowest BCUT2D eigenvalue weighted by Crippen LogP contribution is -2.47. The first-order chi connectivity index (χ1) is 14.1. The van der Waals surface area contributed by atoms with E-state index in [-0.39, 0.29) is 11.9 Å². The summed E-state index contributed by atoms with van der Waals surface area (Å²) in [6, 6.07) is 15.3. The highest BCUT2D eigenvalue weighted by atomic mass is 16.2. The Morgan fingerprint density at radius 2 is 1.86 bits per heavy atom. The van der Waals surface area contributed by atoms with E-state index in [0.717, 1.165) is 43.9 Å². The van der Waals surface area contributed by atoms with Gasteiger partial charge in [0.05, 0.1) is 17.3 Å². The standard InChI is InChI=1S/C25H29N3O/c1-17-6-3-7-18(16-17)23-20-9-4-8-19(20)21-10-5-11-22(24(21)26-23)25(29)28-14-12-27(2)13-15-28/h3-8,10-11,16,19-20,23,26H,9,12-15H2,1-2H3. The second-order valence-electron chi connectivity index (χ2n) is 8.75. The van der Waals surface area contributed by atoms with E-state index in [1.54, 1.807) is 0 Å². The van der Waals surface area contributed by atoms with Crippen LogP contribution >= 0.6 is 0 Å². The zero-order chi connectivity index (χ0) is 20.0. The van der Waals surface area contributed by atoms with Gasteiger partial charge in [0.15, 0.2) is 0 Å². The fourth-order valence-electron chi connectivity index (χ4n) is 5.17. The van der Waals surface area contributed by atoms with Crippen LogP contribution in [0.1, 0.15) is 45.4 Å². The van der Waals surface area contributed by atoms with E-state index in [0.29, 0.717) is 11.8 Å². The quantitative estimate of drug-likeness (QED) is 0.784. The first-order valence-corrected chi connectivity index (χ1v) is 10.7. The van der Waals surface area contributed by atoms with Gasteiger partial charge in [0.2, 0.25) is 0 Å². The fourth-order valence-corrected chi connectivity index (χ4v) is 5.17. The summed E-state index contributed by atoms with van der Waals surface area (Å²) in [6.45, 7) is 5.62. The molecule has 1 fully saturated rings. The lowest BCUT2D eigenvalue weighted by atomic mass is 9.76. The number of aryl methyl sites for hydroxylation is 1. The van der Waals surface area contributed by atoms with Crippen LogP contribution in [-0.4, -0.2) is 48.9 Å². The summed E-state index contributed by atoms with van der Waals surface area (Å²) in [4.78, 5) is 17.7. The van der Waals surface area contributed by atoms with Gasteiger partial charge in [-0.2, -0.15) is 0 Å². The number of likely N-dealkylation sites (N-methyl/N-ethyl adjacent to an activating group) is 1. The molecule has 2 aliphatic heterocycles. The number of piperazine rings is 1. The van der Waals surface area contributed by atoms with Crippen molar-refractivity contribution in [3.63, 3.8) is 0 Å². The number of rotatable bonds is 2. The molecule has 1 saturated heterocycles. The summed E-state index contributed by atoms with van der Waals surface area (Å²) < 4.78 is 0. The maximum absolute atomic E-state index is 13.4. The van der Waals surface area contributed by atoms with Crippen molar-refractivity contribution < 1.29 is 4.79 Å². The van der Waals surface area contributed by atoms with Gasteiger partial charge in [-0.1, -0.05) is 54.1 Å². The predicted octanol–water partition coefficient (Wildman–Crippen LogP) is 4.21. The van der Waals surface area contributed by atoms with Crippen molar-refractivity contribution in [3.05, 3.63) is 76.9 Å². The number of nitrogens with zero attached hydrogens (tertiary/aromatic N) is 2. The van der Waals surface area contributed by atoms with E-state index >= 15 is 0 Å². The lowest BCUT2D eigenvalue weighted by molar-refractivity contribution is 0.0664. The monoisotopic (exact) mass is 387 g/mol. The molecule has 0 spiro atoms. The van der Waals surface area contributed by atoms with Crippen LogP contribution in [0.5, 0.6) is 0 Å². The smallest absolute Gasteiger partial charge is 0.256 e. The molecular formula is C25H29N3O. The Morgan fingerprint density at radius 1 is 1.07 bits per heavy atom. The molecule has 1 N–H and O–H groups in total. The number of para-hydroxylation sites is 1. The average Bonchev–Trinajstić information content (AvgIpc) is 3.23. The Balaban J connectivity index is 1.53. The molecule has 4 heteroatoms. The molecule has 3 atom stereocenters. The number of fused-ring (bicyclic) bond motifs is 3. The Labute approximate surface area is 173 Å². The maximum Gasteiger partial charge on any atom is 0.256 e. The van der Waals surface area contributed by atoms with Crippen molar-refractivity contribution >= 4 is 11.6 Å². The zero-order valence-corrected chi connectivity index (χ0v) is 17.3. The Bertz CT molecular complexity index is 958. The topological polar surface area (TPSA) is 35.6 Å². The van der Waals surface area contributed by atoms with Crippen molar-refractivity contribution in [1.82, 2.24) is 9.80 Å². The zero-order valence-electron chi connectivity index (χ0n) is 17.3. The van der Waals surface area contributed by atoms with Crippen LogP contribution in [0.15, 0.2) is 54.6 Å². The molecule has 0 aromatic heterocycles. The van der Waals surface area contributed by atoms with Gasteiger partial charge >= 0.3 is 0 Å². The third-order valence-corrected chi connectivity index (χ3v) is 6.82. The summed E-state index contributed by atoms with van der Waals surface area (Å²) >= 11 is 0. The van der Waals surface area contributed by atoms with Gasteiger partial charge < -0.3 is 15.1 Å². The Morgan fingerprint density at radius 3 is 2.66 bits per heavy atom. The molecule has 29 heavy (non-hydrogen) atoms. The fraction of sp³-hybridized carbons (Fsp3) is 0.400. The van der Waals surface area contributed by atoms with Crippen molar-refractivity contribution in [2.75, 3.05) is 38.5 Å². The highest BCUT2D eigenvalue weighted by molar-refractivity contribution is 6.01. The van der Waals surface area contributed by atoms with Gasteiger partial charge in [0.1, 0.15) is 0 Å². The van der Waals surface area contributed by atoms with Gasteiger partial charge in [-0.05, 0) is 43.5 Å². The van der Waals surface area contributed by atoms with E-state index in [1.165, 1.54) is 16.7 Å². The van der Waals surface area contributed by atoms with Gasteiger partial charge in [0, 0.05) is 32.1 Å². The van der Waals surface area contributed by atoms with Crippen molar-refractivity contribution in [3.8, 4) is 0 Å². The Kier molecular flexibility index (Phi) is 4.67. The van der Waals surface area contributed by atoms with Gasteiger partial charge in [0.25, 0.3) is 5.91 Å². The number of hydrogen-bond donors (Lipinski definition) is 1. The number of anilines is 1. The molecular weight excluding hydrogens is 358 g/mol.